The number of hydrogen-bond donors (Lipinski definition) is 2. The van der Waals surface area contributed by atoms with Gasteiger partial charge in [0, 0.05) is 6.54 Å². The normalized spacial score (nSPS) is 12.8. The Kier molecular flexibility index (Phi) is 6.57. The largest absolute Gasteiger partial charge is 0.468 e. The molecule has 17 heavy (non-hydrogen) atoms. The molecular weight excluding hydrogens is 224 g/mol. The number of likely N-dealkylation sites (N-methyl/N-ethyl adjacent to an activating group) is 1. The number of methoxy groups -OCH3 is 1. The number of alkyl carbamates (subject to hydrolysis) is 1. The fourth-order valence-electron chi connectivity index (χ4n) is 1.16. The molecule has 0 unspecified atom stereocenters. The zero-order chi connectivity index (χ0) is 13.5. The molecule has 0 aliphatic heterocycles. The van der Waals surface area contributed by atoms with E-state index in [4.69, 9.17) is 4.74 Å². The van der Waals surface area contributed by atoms with Crippen LogP contribution >= 0.6 is 0 Å². The van der Waals surface area contributed by atoms with Gasteiger partial charge in [0.05, 0.1) is 7.11 Å². The lowest BCUT2D eigenvalue weighted by Crippen LogP contribution is -2.39. The average molecular weight is 246 g/mol. The summed E-state index contributed by atoms with van der Waals surface area (Å²) < 4.78 is 9.65. The summed E-state index contributed by atoms with van der Waals surface area (Å²) >= 11 is 0. The van der Waals surface area contributed by atoms with Crippen LogP contribution in [0.15, 0.2) is 0 Å². The molecule has 0 radical (unpaired) electrons. The molecule has 0 fully saturated rings. The van der Waals surface area contributed by atoms with E-state index in [1.54, 1.807) is 27.8 Å². The quantitative estimate of drug-likeness (QED) is 0.697. The predicted molar refractivity (Wildman–Crippen MR) is 63.7 cm³/mol. The highest BCUT2D eigenvalue weighted by Gasteiger charge is 2.18. The fourth-order valence-corrected chi connectivity index (χ4v) is 1.16. The van der Waals surface area contributed by atoms with Gasteiger partial charge in [-0.25, -0.2) is 4.79 Å². The van der Waals surface area contributed by atoms with E-state index in [1.807, 2.05) is 0 Å². The Morgan fingerprint density at radius 1 is 1.29 bits per heavy atom. The van der Waals surface area contributed by atoms with Crippen molar-refractivity contribution >= 4 is 12.1 Å². The van der Waals surface area contributed by atoms with Crippen LogP contribution in [0, 0.1) is 0 Å². The summed E-state index contributed by atoms with van der Waals surface area (Å²) in [5.41, 5.74) is -0.519. The molecule has 0 aliphatic carbocycles. The molecule has 2 N–H and O–H groups in total. The molecule has 1 amide bonds. The topological polar surface area (TPSA) is 76.7 Å². The van der Waals surface area contributed by atoms with Gasteiger partial charge in [0.2, 0.25) is 0 Å². The SMILES string of the molecule is CN[C@H](CCNC(=O)OC(C)(C)C)C(=O)OC. The predicted octanol–water partition coefficient (Wildman–Crippen LogP) is 0.662. The van der Waals surface area contributed by atoms with Gasteiger partial charge < -0.3 is 20.1 Å². The highest BCUT2D eigenvalue weighted by atomic mass is 16.6. The Morgan fingerprint density at radius 2 is 1.88 bits per heavy atom. The van der Waals surface area contributed by atoms with Crippen molar-refractivity contribution < 1.29 is 19.1 Å². The third kappa shape index (κ3) is 7.57. The molecule has 0 aromatic rings. The van der Waals surface area contributed by atoms with Gasteiger partial charge in [-0.1, -0.05) is 0 Å². The minimum absolute atomic E-state index is 0.343. The van der Waals surface area contributed by atoms with Crippen LogP contribution in [0.2, 0.25) is 0 Å². The van der Waals surface area contributed by atoms with Crippen LogP contribution in [-0.2, 0) is 14.3 Å². The Bertz CT molecular complexity index is 261. The first kappa shape index (κ1) is 15.7. The molecule has 100 valence electrons. The number of rotatable bonds is 5. The Labute approximate surface area is 102 Å². The zero-order valence-electron chi connectivity index (χ0n) is 11.1. The number of ether oxygens (including phenoxy) is 2. The summed E-state index contributed by atoms with van der Waals surface area (Å²) in [4.78, 5) is 22.5. The monoisotopic (exact) mass is 246 g/mol. The van der Waals surface area contributed by atoms with Crippen LogP contribution in [0.1, 0.15) is 27.2 Å². The highest BCUT2D eigenvalue weighted by Crippen LogP contribution is 2.06. The van der Waals surface area contributed by atoms with E-state index in [9.17, 15) is 9.59 Å². The minimum Gasteiger partial charge on any atom is -0.468 e. The minimum atomic E-state index is -0.519. The molecule has 0 saturated heterocycles. The molecule has 1 atom stereocenters. The molecule has 0 rings (SSSR count). The summed E-state index contributed by atoms with van der Waals surface area (Å²) in [6, 6.07) is -0.421. The number of esters is 1. The van der Waals surface area contributed by atoms with Crippen LogP contribution in [-0.4, -0.2) is 44.4 Å². The molecule has 0 heterocycles. The highest BCUT2D eigenvalue weighted by molar-refractivity contribution is 5.75. The van der Waals surface area contributed by atoms with Crippen LogP contribution in [0.3, 0.4) is 0 Å². The maximum atomic E-state index is 11.3. The summed E-state index contributed by atoms with van der Waals surface area (Å²) in [5, 5.41) is 5.38. The number of carbonyl (C=O) groups excluding carboxylic acids is 2. The molecular formula is C11H22N2O4. The second-order valence-electron chi connectivity index (χ2n) is 4.58. The number of amides is 1. The van der Waals surface area contributed by atoms with Crippen molar-refractivity contribution in [2.75, 3.05) is 20.7 Å². The maximum absolute atomic E-state index is 11.3. The summed E-state index contributed by atoms with van der Waals surface area (Å²) in [7, 11) is 2.99. The lowest BCUT2D eigenvalue weighted by atomic mass is 10.2. The number of hydrogen-bond acceptors (Lipinski definition) is 5. The fraction of sp³-hybridized carbons (Fsp3) is 0.818. The van der Waals surface area contributed by atoms with Crippen molar-refractivity contribution in [3.05, 3.63) is 0 Å². The van der Waals surface area contributed by atoms with Gasteiger partial charge in [-0.3, -0.25) is 4.79 Å². The first-order chi connectivity index (χ1) is 7.80. The Balaban J connectivity index is 3.90. The van der Waals surface area contributed by atoms with Gasteiger partial charge in [-0.2, -0.15) is 0 Å². The van der Waals surface area contributed by atoms with E-state index in [0.29, 0.717) is 13.0 Å². The van der Waals surface area contributed by atoms with E-state index in [1.165, 1.54) is 7.11 Å². The van der Waals surface area contributed by atoms with Crippen molar-refractivity contribution in [2.24, 2.45) is 0 Å². The summed E-state index contributed by atoms with van der Waals surface area (Å²) in [6.07, 6.45) is -0.0418. The zero-order valence-corrected chi connectivity index (χ0v) is 11.1. The Hall–Kier alpha value is -1.30. The van der Waals surface area contributed by atoms with E-state index in [-0.39, 0.29) is 5.97 Å². The van der Waals surface area contributed by atoms with Crippen LogP contribution in [0.4, 0.5) is 4.79 Å². The van der Waals surface area contributed by atoms with E-state index in [2.05, 4.69) is 15.4 Å². The van der Waals surface area contributed by atoms with Crippen molar-refractivity contribution in [1.29, 1.82) is 0 Å². The summed E-state index contributed by atoms with van der Waals surface area (Å²) in [5.74, 6) is -0.349. The number of nitrogens with one attached hydrogen (secondary N) is 2. The summed E-state index contributed by atoms with van der Waals surface area (Å²) in [6.45, 7) is 5.71. The van der Waals surface area contributed by atoms with Crippen molar-refractivity contribution in [2.45, 2.75) is 38.8 Å². The molecule has 0 saturated carbocycles. The van der Waals surface area contributed by atoms with Gasteiger partial charge in [-0.15, -0.1) is 0 Å². The third-order valence-corrected chi connectivity index (χ3v) is 1.94. The molecule has 0 spiro atoms. The van der Waals surface area contributed by atoms with Gasteiger partial charge >= 0.3 is 12.1 Å². The lowest BCUT2D eigenvalue weighted by molar-refractivity contribution is -0.143. The molecule has 0 aliphatic rings. The Morgan fingerprint density at radius 3 is 2.29 bits per heavy atom. The van der Waals surface area contributed by atoms with Gasteiger partial charge in [-0.05, 0) is 34.2 Å². The van der Waals surface area contributed by atoms with Crippen LogP contribution in [0.25, 0.3) is 0 Å². The lowest BCUT2D eigenvalue weighted by Gasteiger charge is -2.20. The van der Waals surface area contributed by atoms with E-state index < -0.39 is 17.7 Å². The second-order valence-corrected chi connectivity index (χ2v) is 4.58. The van der Waals surface area contributed by atoms with Crippen molar-refractivity contribution in [1.82, 2.24) is 10.6 Å². The van der Waals surface area contributed by atoms with Crippen molar-refractivity contribution in [3.8, 4) is 0 Å². The van der Waals surface area contributed by atoms with E-state index in [0.717, 1.165) is 0 Å². The van der Waals surface area contributed by atoms with Crippen LogP contribution in [0.5, 0.6) is 0 Å². The van der Waals surface area contributed by atoms with Gasteiger partial charge in [0.25, 0.3) is 0 Å². The van der Waals surface area contributed by atoms with Crippen LogP contribution < -0.4 is 10.6 Å². The maximum Gasteiger partial charge on any atom is 0.407 e. The second kappa shape index (κ2) is 7.11. The van der Waals surface area contributed by atoms with Crippen molar-refractivity contribution in [3.63, 3.8) is 0 Å². The molecule has 0 bridgehead atoms. The average Bonchev–Trinajstić information content (AvgIpc) is 2.21. The molecule has 0 aromatic heterocycles. The van der Waals surface area contributed by atoms with Gasteiger partial charge in [0.15, 0.2) is 0 Å². The third-order valence-electron chi connectivity index (χ3n) is 1.94. The first-order valence-corrected chi connectivity index (χ1v) is 5.52. The molecule has 6 heteroatoms. The first-order valence-electron chi connectivity index (χ1n) is 5.52. The smallest absolute Gasteiger partial charge is 0.407 e. The molecule has 6 nitrogen and oxygen atoms in total. The number of carbonyl (C=O) groups is 2. The van der Waals surface area contributed by atoms with E-state index >= 15 is 0 Å². The molecule has 0 aromatic carbocycles. The van der Waals surface area contributed by atoms with Gasteiger partial charge in [0.1, 0.15) is 11.6 Å². The standard InChI is InChI=1S/C11H22N2O4/c1-11(2,3)17-10(15)13-7-6-8(12-4)9(14)16-5/h8,12H,6-7H2,1-5H3,(H,13,15)/t8-/m1/s1.